The van der Waals surface area contributed by atoms with E-state index in [0.29, 0.717) is 25.6 Å². The number of hydrogen-bond donors (Lipinski definition) is 2. The van der Waals surface area contributed by atoms with E-state index in [1.165, 1.54) is 5.56 Å². The van der Waals surface area contributed by atoms with Gasteiger partial charge in [0.25, 0.3) is 0 Å². The second-order valence-electron chi connectivity index (χ2n) is 7.29. The molecule has 1 unspecified atom stereocenters. The zero-order chi connectivity index (χ0) is 20.5. The van der Waals surface area contributed by atoms with E-state index in [2.05, 4.69) is 60.0 Å². The van der Waals surface area contributed by atoms with E-state index in [4.69, 9.17) is 14.5 Å². The highest BCUT2D eigenvalue weighted by Crippen LogP contribution is 2.23. The van der Waals surface area contributed by atoms with Crippen LogP contribution in [0.25, 0.3) is 0 Å². The van der Waals surface area contributed by atoms with Crippen molar-refractivity contribution in [3.63, 3.8) is 0 Å². The molecule has 1 aromatic carbocycles. The van der Waals surface area contributed by atoms with Gasteiger partial charge in [-0.15, -0.1) is 11.3 Å². The first-order valence-electron chi connectivity index (χ1n) is 10.4. The quantitative estimate of drug-likeness (QED) is 0.482. The SMILES string of the molecule is CCNC(=NCc1ccc(C)cc1OCC1CCOC1)NCc1csc(CC)n1. The molecule has 3 rings (SSSR count). The number of nitrogens with one attached hydrogen (secondary N) is 2. The minimum Gasteiger partial charge on any atom is -0.493 e. The molecular weight excluding hydrogens is 384 g/mol. The van der Waals surface area contributed by atoms with Gasteiger partial charge in [0.2, 0.25) is 0 Å². The van der Waals surface area contributed by atoms with Crippen molar-refractivity contribution in [1.82, 2.24) is 15.6 Å². The normalized spacial score (nSPS) is 16.8. The third kappa shape index (κ3) is 6.72. The monoisotopic (exact) mass is 416 g/mol. The van der Waals surface area contributed by atoms with E-state index in [1.807, 2.05) is 0 Å². The molecule has 1 fully saturated rings. The van der Waals surface area contributed by atoms with Crippen LogP contribution < -0.4 is 15.4 Å². The van der Waals surface area contributed by atoms with Gasteiger partial charge in [-0.2, -0.15) is 0 Å². The van der Waals surface area contributed by atoms with Crippen molar-refractivity contribution in [1.29, 1.82) is 0 Å². The Labute approximate surface area is 177 Å². The van der Waals surface area contributed by atoms with Crippen LogP contribution in [0.15, 0.2) is 28.6 Å². The molecule has 0 saturated carbocycles. The zero-order valence-electron chi connectivity index (χ0n) is 17.7. The molecule has 2 N–H and O–H groups in total. The van der Waals surface area contributed by atoms with Crippen LogP contribution in [-0.4, -0.2) is 37.3 Å². The Bertz CT molecular complexity index is 800. The predicted molar refractivity (Wildman–Crippen MR) is 119 cm³/mol. The Morgan fingerprint density at radius 2 is 2.24 bits per heavy atom. The van der Waals surface area contributed by atoms with E-state index in [9.17, 15) is 0 Å². The third-order valence-electron chi connectivity index (χ3n) is 4.81. The number of aliphatic imine (C=N–C) groups is 1. The highest BCUT2D eigenvalue weighted by molar-refractivity contribution is 7.09. The van der Waals surface area contributed by atoms with Crippen LogP contribution in [0.5, 0.6) is 5.75 Å². The number of benzene rings is 1. The highest BCUT2D eigenvalue weighted by Gasteiger charge is 2.17. The molecule has 6 nitrogen and oxygen atoms in total. The standard InChI is InChI=1S/C22H32N4O2S/c1-4-21-26-19(15-29-21)12-25-22(23-5-2)24-11-18-7-6-16(3)10-20(18)28-14-17-8-9-27-13-17/h6-7,10,15,17H,4-5,8-9,11-14H2,1-3H3,(H2,23,24,25). The lowest BCUT2D eigenvalue weighted by Gasteiger charge is -2.15. The first kappa shape index (κ1) is 21.6. The van der Waals surface area contributed by atoms with Gasteiger partial charge in [-0.3, -0.25) is 0 Å². The second-order valence-corrected chi connectivity index (χ2v) is 8.23. The average Bonchev–Trinajstić information content (AvgIpc) is 3.41. The Morgan fingerprint density at radius 1 is 1.34 bits per heavy atom. The molecule has 29 heavy (non-hydrogen) atoms. The van der Waals surface area contributed by atoms with Crippen molar-refractivity contribution in [3.8, 4) is 5.75 Å². The fourth-order valence-corrected chi connectivity index (χ4v) is 3.87. The van der Waals surface area contributed by atoms with Gasteiger partial charge in [0, 0.05) is 30.0 Å². The molecule has 0 aliphatic carbocycles. The molecule has 1 atom stereocenters. The van der Waals surface area contributed by atoms with Gasteiger partial charge >= 0.3 is 0 Å². The maximum Gasteiger partial charge on any atom is 0.191 e. The zero-order valence-corrected chi connectivity index (χ0v) is 18.5. The molecule has 0 radical (unpaired) electrons. The highest BCUT2D eigenvalue weighted by atomic mass is 32.1. The number of aromatic nitrogens is 1. The predicted octanol–water partition coefficient (Wildman–Crippen LogP) is 3.68. The van der Waals surface area contributed by atoms with Crippen molar-refractivity contribution in [2.24, 2.45) is 10.9 Å². The van der Waals surface area contributed by atoms with Gasteiger partial charge in [0.1, 0.15) is 5.75 Å². The van der Waals surface area contributed by atoms with E-state index in [0.717, 1.165) is 60.6 Å². The summed E-state index contributed by atoms with van der Waals surface area (Å²) in [6.07, 6.45) is 2.05. The first-order valence-corrected chi connectivity index (χ1v) is 11.3. The second kappa shape index (κ2) is 11.2. The van der Waals surface area contributed by atoms with Gasteiger partial charge in [-0.25, -0.2) is 9.98 Å². The molecular formula is C22H32N4O2S. The molecule has 1 saturated heterocycles. The summed E-state index contributed by atoms with van der Waals surface area (Å²) in [5.41, 5.74) is 3.33. The smallest absolute Gasteiger partial charge is 0.191 e. The average molecular weight is 417 g/mol. The van der Waals surface area contributed by atoms with Gasteiger partial charge < -0.3 is 20.1 Å². The Morgan fingerprint density at radius 3 is 2.97 bits per heavy atom. The van der Waals surface area contributed by atoms with Gasteiger partial charge in [-0.05, 0) is 38.3 Å². The van der Waals surface area contributed by atoms with Crippen molar-refractivity contribution in [3.05, 3.63) is 45.4 Å². The van der Waals surface area contributed by atoms with E-state index >= 15 is 0 Å². The largest absolute Gasteiger partial charge is 0.493 e. The number of nitrogens with zero attached hydrogens (tertiary/aromatic N) is 2. The lowest BCUT2D eigenvalue weighted by atomic mass is 10.1. The number of aryl methyl sites for hydroxylation is 2. The summed E-state index contributed by atoms with van der Waals surface area (Å²) in [6, 6.07) is 6.32. The molecule has 1 aliphatic heterocycles. The van der Waals surface area contributed by atoms with Crippen molar-refractivity contribution in [2.45, 2.75) is 46.7 Å². The topological polar surface area (TPSA) is 67.8 Å². The third-order valence-corrected chi connectivity index (χ3v) is 5.85. The first-order chi connectivity index (χ1) is 14.2. The van der Waals surface area contributed by atoms with E-state index in [-0.39, 0.29) is 0 Å². The minimum atomic E-state index is 0.483. The van der Waals surface area contributed by atoms with Crippen molar-refractivity contribution >= 4 is 17.3 Å². The summed E-state index contributed by atoms with van der Waals surface area (Å²) in [6.45, 7) is 10.7. The van der Waals surface area contributed by atoms with Gasteiger partial charge in [0.05, 0.1) is 37.0 Å². The number of hydrogen-bond acceptors (Lipinski definition) is 5. The molecule has 2 aromatic rings. The Balaban J connectivity index is 1.62. The van der Waals surface area contributed by atoms with Crippen LogP contribution in [0, 0.1) is 12.8 Å². The number of guanidine groups is 1. The Kier molecular flexibility index (Phi) is 8.31. The van der Waals surface area contributed by atoms with E-state index in [1.54, 1.807) is 11.3 Å². The summed E-state index contributed by atoms with van der Waals surface area (Å²) in [4.78, 5) is 9.37. The summed E-state index contributed by atoms with van der Waals surface area (Å²) >= 11 is 1.71. The Hall–Kier alpha value is -2.12. The van der Waals surface area contributed by atoms with Crippen LogP contribution in [0.2, 0.25) is 0 Å². The molecule has 0 spiro atoms. The van der Waals surface area contributed by atoms with Gasteiger partial charge in [-0.1, -0.05) is 19.1 Å². The fourth-order valence-electron chi connectivity index (χ4n) is 3.12. The lowest BCUT2D eigenvalue weighted by molar-refractivity contribution is 0.166. The molecule has 0 bridgehead atoms. The van der Waals surface area contributed by atoms with Crippen molar-refractivity contribution in [2.75, 3.05) is 26.4 Å². The van der Waals surface area contributed by atoms with Crippen LogP contribution in [0.1, 0.15) is 42.1 Å². The van der Waals surface area contributed by atoms with Gasteiger partial charge in [0.15, 0.2) is 5.96 Å². The maximum atomic E-state index is 6.14. The summed E-state index contributed by atoms with van der Waals surface area (Å²) in [5.74, 6) is 2.19. The summed E-state index contributed by atoms with van der Waals surface area (Å²) in [7, 11) is 0. The fraction of sp³-hybridized carbons (Fsp3) is 0.545. The molecule has 0 amide bonds. The van der Waals surface area contributed by atoms with Crippen LogP contribution >= 0.6 is 11.3 Å². The van der Waals surface area contributed by atoms with E-state index < -0.39 is 0 Å². The van der Waals surface area contributed by atoms with Crippen LogP contribution in [-0.2, 0) is 24.2 Å². The number of ether oxygens (including phenoxy) is 2. The summed E-state index contributed by atoms with van der Waals surface area (Å²) < 4.78 is 11.6. The number of rotatable bonds is 9. The molecule has 1 aliphatic rings. The summed E-state index contributed by atoms with van der Waals surface area (Å²) in [5, 5.41) is 9.96. The minimum absolute atomic E-state index is 0.483. The number of thiazole rings is 1. The lowest BCUT2D eigenvalue weighted by Crippen LogP contribution is -2.36. The molecule has 2 heterocycles. The molecule has 1 aromatic heterocycles. The van der Waals surface area contributed by atoms with Crippen molar-refractivity contribution < 1.29 is 9.47 Å². The molecule has 7 heteroatoms. The maximum absolute atomic E-state index is 6.14. The van der Waals surface area contributed by atoms with Crippen LogP contribution in [0.4, 0.5) is 0 Å². The van der Waals surface area contributed by atoms with Crippen LogP contribution in [0.3, 0.4) is 0 Å². The molecule has 158 valence electrons.